The molecule has 0 aliphatic rings. The topological polar surface area (TPSA) is 46.2 Å². The molecule has 0 saturated carbocycles. The molecule has 1 rings (SSSR count). The van der Waals surface area contributed by atoms with Crippen LogP contribution in [-0.2, 0) is 0 Å². The largest absolute Gasteiger partial charge is 0.396 e. The standard InChI is InChI=1S/C11H17NOS/c1-2-10(12)9-5-3-4-6-11(9)14-8-7-13/h3-6,10,13H,2,7-8,12H2,1H3. The Kier molecular flexibility index (Phi) is 5.01. The molecule has 14 heavy (non-hydrogen) atoms. The Morgan fingerprint density at radius 1 is 1.43 bits per heavy atom. The third kappa shape index (κ3) is 3.01. The SMILES string of the molecule is CCC(N)c1ccccc1SCCO. The first kappa shape index (κ1) is 11.6. The zero-order chi connectivity index (χ0) is 10.4. The van der Waals surface area contributed by atoms with Crippen LogP contribution in [0.1, 0.15) is 24.9 Å². The summed E-state index contributed by atoms with van der Waals surface area (Å²) in [6, 6.07) is 8.25. The minimum Gasteiger partial charge on any atom is -0.396 e. The molecule has 2 nitrogen and oxygen atoms in total. The van der Waals surface area contributed by atoms with E-state index in [1.165, 1.54) is 10.5 Å². The smallest absolute Gasteiger partial charge is 0.0525 e. The van der Waals surface area contributed by atoms with E-state index in [1.54, 1.807) is 11.8 Å². The molecular formula is C11H17NOS. The van der Waals surface area contributed by atoms with Crippen molar-refractivity contribution in [1.82, 2.24) is 0 Å². The number of rotatable bonds is 5. The van der Waals surface area contributed by atoms with E-state index < -0.39 is 0 Å². The van der Waals surface area contributed by atoms with E-state index in [9.17, 15) is 0 Å². The van der Waals surface area contributed by atoms with E-state index in [0.717, 1.165) is 12.2 Å². The molecule has 0 bridgehead atoms. The molecule has 1 unspecified atom stereocenters. The van der Waals surface area contributed by atoms with Crippen LogP contribution in [0.5, 0.6) is 0 Å². The van der Waals surface area contributed by atoms with Gasteiger partial charge < -0.3 is 10.8 Å². The van der Waals surface area contributed by atoms with E-state index in [4.69, 9.17) is 10.8 Å². The highest BCUT2D eigenvalue weighted by Crippen LogP contribution is 2.27. The molecule has 1 atom stereocenters. The van der Waals surface area contributed by atoms with E-state index in [1.807, 2.05) is 12.1 Å². The van der Waals surface area contributed by atoms with Crippen molar-refractivity contribution in [2.75, 3.05) is 12.4 Å². The quantitative estimate of drug-likeness (QED) is 0.734. The van der Waals surface area contributed by atoms with Gasteiger partial charge in [0.25, 0.3) is 0 Å². The highest BCUT2D eigenvalue weighted by Gasteiger charge is 2.08. The van der Waals surface area contributed by atoms with Gasteiger partial charge in [-0.05, 0) is 18.1 Å². The van der Waals surface area contributed by atoms with Gasteiger partial charge in [-0.3, -0.25) is 0 Å². The average Bonchev–Trinajstić information content (AvgIpc) is 2.25. The van der Waals surface area contributed by atoms with Gasteiger partial charge in [0, 0.05) is 16.7 Å². The van der Waals surface area contributed by atoms with Crippen LogP contribution < -0.4 is 5.73 Å². The second-order valence-electron chi connectivity index (χ2n) is 3.12. The number of hydrogen-bond donors (Lipinski definition) is 2. The lowest BCUT2D eigenvalue weighted by molar-refractivity contribution is 0.322. The second kappa shape index (κ2) is 6.06. The summed E-state index contributed by atoms with van der Waals surface area (Å²) in [5.74, 6) is 0.730. The summed E-state index contributed by atoms with van der Waals surface area (Å²) in [6.07, 6.45) is 0.941. The second-order valence-corrected chi connectivity index (χ2v) is 4.26. The fraction of sp³-hybridized carbons (Fsp3) is 0.455. The fourth-order valence-electron chi connectivity index (χ4n) is 1.29. The van der Waals surface area contributed by atoms with Gasteiger partial charge in [-0.1, -0.05) is 25.1 Å². The normalized spacial score (nSPS) is 12.8. The van der Waals surface area contributed by atoms with Crippen LogP contribution in [0.15, 0.2) is 29.2 Å². The lowest BCUT2D eigenvalue weighted by atomic mass is 10.1. The minimum atomic E-state index is 0.109. The first-order valence-electron chi connectivity index (χ1n) is 4.87. The lowest BCUT2D eigenvalue weighted by Crippen LogP contribution is -2.09. The summed E-state index contributed by atoms with van der Waals surface area (Å²) in [7, 11) is 0. The molecule has 0 aliphatic heterocycles. The first-order valence-corrected chi connectivity index (χ1v) is 5.86. The summed E-state index contributed by atoms with van der Waals surface area (Å²) in [5, 5.41) is 8.76. The molecule has 0 aliphatic carbocycles. The third-order valence-electron chi connectivity index (χ3n) is 2.11. The molecular weight excluding hydrogens is 194 g/mol. The van der Waals surface area contributed by atoms with Crippen molar-refractivity contribution in [3.63, 3.8) is 0 Å². The Morgan fingerprint density at radius 2 is 2.14 bits per heavy atom. The molecule has 0 fully saturated rings. The maximum Gasteiger partial charge on any atom is 0.0525 e. The van der Waals surface area contributed by atoms with Crippen molar-refractivity contribution in [2.24, 2.45) is 5.73 Å². The van der Waals surface area contributed by atoms with Crippen molar-refractivity contribution in [2.45, 2.75) is 24.3 Å². The van der Waals surface area contributed by atoms with E-state index in [2.05, 4.69) is 19.1 Å². The van der Waals surface area contributed by atoms with Crippen LogP contribution in [-0.4, -0.2) is 17.5 Å². The summed E-state index contributed by atoms with van der Waals surface area (Å²) in [4.78, 5) is 1.19. The predicted octanol–water partition coefficient (Wildman–Crippen LogP) is 2.18. The maximum absolute atomic E-state index is 8.76. The number of benzene rings is 1. The van der Waals surface area contributed by atoms with Crippen LogP contribution in [0, 0.1) is 0 Å². The molecule has 0 spiro atoms. The molecule has 1 aromatic carbocycles. The van der Waals surface area contributed by atoms with E-state index in [-0.39, 0.29) is 12.6 Å². The molecule has 0 heterocycles. The zero-order valence-electron chi connectivity index (χ0n) is 8.44. The first-order chi connectivity index (χ1) is 6.79. The Bertz CT molecular complexity index is 278. The average molecular weight is 211 g/mol. The molecule has 0 aromatic heterocycles. The Hall–Kier alpha value is -0.510. The van der Waals surface area contributed by atoms with Gasteiger partial charge in [0.15, 0.2) is 0 Å². The number of hydrogen-bond acceptors (Lipinski definition) is 3. The van der Waals surface area contributed by atoms with Crippen LogP contribution in [0.2, 0.25) is 0 Å². The molecule has 78 valence electrons. The van der Waals surface area contributed by atoms with Crippen molar-refractivity contribution in [3.8, 4) is 0 Å². The molecule has 3 N–H and O–H groups in total. The molecule has 1 aromatic rings. The Morgan fingerprint density at radius 3 is 2.79 bits per heavy atom. The highest BCUT2D eigenvalue weighted by atomic mass is 32.2. The Balaban J connectivity index is 2.79. The summed E-state index contributed by atoms with van der Waals surface area (Å²) in [5.41, 5.74) is 7.18. The summed E-state index contributed by atoms with van der Waals surface area (Å²) < 4.78 is 0. The van der Waals surface area contributed by atoms with Gasteiger partial charge >= 0.3 is 0 Å². The number of aliphatic hydroxyl groups is 1. The van der Waals surface area contributed by atoms with E-state index >= 15 is 0 Å². The van der Waals surface area contributed by atoms with Gasteiger partial charge in [0.1, 0.15) is 0 Å². The predicted molar refractivity (Wildman–Crippen MR) is 61.5 cm³/mol. The summed E-state index contributed by atoms with van der Waals surface area (Å²) in [6.45, 7) is 2.29. The Labute approximate surface area is 89.5 Å². The van der Waals surface area contributed by atoms with Gasteiger partial charge in [-0.25, -0.2) is 0 Å². The minimum absolute atomic E-state index is 0.109. The number of aliphatic hydroxyl groups excluding tert-OH is 1. The zero-order valence-corrected chi connectivity index (χ0v) is 9.26. The van der Waals surface area contributed by atoms with Crippen molar-refractivity contribution >= 4 is 11.8 Å². The van der Waals surface area contributed by atoms with Crippen LogP contribution in [0.3, 0.4) is 0 Å². The molecule has 0 amide bonds. The molecule has 0 saturated heterocycles. The maximum atomic E-state index is 8.76. The van der Waals surface area contributed by atoms with Gasteiger partial charge in [0.2, 0.25) is 0 Å². The molecule has 3 heteroatoms. The van der Waals surface area contributed by atoms with Gasteiger partial charge in [-0.2, -0.15) is 0 Å². The number of thioether (sulfide) groups is 1. The monoisotopic (exact) mass is 211 g/mol. The van der Waals surface area contributed by atoms with Crippen molar-refractivity contribution < 1.29 is 5.11 Å². The fourth-order valence-corrected chi connectivity index (χ4v) is 2.17. The van der Waals surface area contributed by atoms with Gasteiger partial charge in [-0.15, -0.1) is 11.8 Å². The number of nitrogens with two attached hydrogens (primary N) is 1. The van der Waals surface area contributed by atoms with Crippen molar-refractivity contribution in [3.05, 3.63) is 29.8 Å². The van der Waals surface area contributed by atoms with Crippen LogP contribution >= 0.6 is 11.8 Å². The lowest BCUT2D eigenvalue weighted by Gasteiger charge is -2.13. The molecule has 0 radical (unpaired) electrons. The van der Waals surface area contributed by atoms with Crippen LogP contribution in [0.4, 0.5) is 0 Å². The van der Waals surface area contributed by atoms with Crippen molar-refractivity contribution in [1.29, 1.82) is 0 Å². The highest BCUT2D eigenvalue weighted by molar-refractivity contribution is 7.99. The summed E-state index contributed by atoms with van der Waals surface area (Å²) >= 11 is 1.66. The third-order valence-corrected chi connectivity index (χ3v) is 3.18. The van der Waals surface area contributed by atoms with Gasteiger partial charge in [0.05, 0.1) is 6.61 Å². The van der Waals surface area contributed by atoms with Crippen LogP contribution in [0.25, 0.3) is 0 Å². The van der Waals surface area contributed by atoms with E-state index in [0.29, 0.717) is 0 Å².